The van der Waals surface area contributed by atoms with Gasteiger partial charge in [0, 0.05) is 13.1 Å². The Balaban J connectivity index is 1.97. The molecule has 1 saturated heterocycles. The van der Waals surface area contributed by atoms with Gasteiger partial charge in [0.05, 0.1) is 5.69 Å². The normalized spacial score (nSPS) is 16.5. The third-order valence-corrected chi connectivity index (χ3v) is 4.05. The Labute approximate surface area is 151 Å². The molecule has 0 atom stereocenters. The first-order valence-corrected chi connectivity index (χ1v) is 8.51. The predicted molar refractivity (Wildman–Crippen MR) is 92.2 cm³/mol. The van der Waals surface area contributed by atoms with Crippen molar-refractivity contribution in [2.24, 2.45) is 0 Å². The third-order valence-electron chi connectivity index (χ3n) is 4.05. The van der Waals surface area contributed by atoms with Crippen LogP contribution < -0.4 is 10.5 Å². The van der Waals surface area contributed by atoms with Gasteiger partial charge in [-0.2, -0.15) is 13.2 Å². The molecule has 1 aliphatic rings. The average molecular weight is 374 g/mol. The maximum absolute atomic E-state index is 12.3. The van der Waals surface area contributed by atoms with Crippen LogP contribution in [-0.2, 0) is 4.74 Å². The number of hydrogen-bond acceptors (Lipinski definition) is 4. The second-order valence-electron chi connectivity index (χ2n) is 7.44. The molecule has 8 heteroatoms. The standard InChI is InChI=1S/C18H25F3N2O3/c1-17(2,3)26-16(24)23-8-6-12(7-9-23)13-4-5-14(22)15(10-13)25-11-18(19,20)21/h4-5,10,12H,6-9,11,22H2,1-3H3. The summed E-state index contributed by atoms with van der Waals surface area (Å²) in [6, 6.07) is 4.92. The fraction of sp³-hybridized carbons (Fsp3) is 0.611. The molecule has 1 aliphatic heterocycles. The number of ether oxygens (including phenoxy) is 2. The molecule has 1 heterocycles. The molecule has 1 fully saturated rings. The number of hydrogen-bond donors (Lipinski definition) is 1. The summed E-state index contributed by atoms with van der Waals surface area (Å²) in [5.41, 5.74) is 6.19. The van der Waals surface area contributed by atoms with Crippen molar-refractivity contribution in [3.8, 4) is 5.75 Å². The second-order valence-corrected chi connectivity index (χ2v) is 7.44. The number of nitrogens with zero attached hydrogens (tertiary/aromatic N) is 1. The van der Waals surface area contributed by atoms with Gasteiger partial charge >= 0.3 is 12.3 Å². The van der Waals surface area contributed by atoms with E-state index in [0.29, 0.717) is 25.9 Å². The number of rotatable bonds is 3. The Morgan fingerprint density at radius 3 is 2.38 bits per heavy atom. The van der Waals surface area contributed by atoms with Gasteiger partial charge in [-0.25, -0.2) is 4.79 Å². The minimum absolute atomic E-state index is 0.0365. The maximum atomic E-state index is 12.3. The summed E-state index contributed by atoms with van der Waals surface area (Å²) < 4.78 is 47.2. The molecule has 0 bridgehead atoms. The monoisotopic (exact) mass is 374 g/mol. The summed E-state index contributed by atoms with van der Waals surface area (Å²) in [4.78, 5) is 13.7. The number of halogens is 3. The van der Waals surface area contributed by atoms with Gasteiger partial charge in [0.15, 0.2) is 6.61 Å². The van der Waals surface area contributed by atoms with E-state index >= 15 is 0 Å². The van der Waals surface area contributed by atoms with Crippen LogP contribution in [-0.4, -0.2) is 42.5 Å². The summed E-state index contributed by atoms with van der Waals surface area (Å²) in [5.74, 6) is 0.164. The highest BCUT2D eigenvalue weighted by atomic mass is 19.4. The number of amides is 1. The number of carbonyl (C=O) groups excluding carboxylic acids is 1. The molecule has 5 nitrogen and oxygen atoms in total. The molecule has 1 aromatic rings. The van der Waals surface area contributed by atoms with E-state index in [2.05, 4.69) is 0 Å². The number of anilines is 1. The van der Waals surface area contributed by atoms with E-state index in [-0.39, 0.29) is 23.4 Å². The fourth-order valence-electron chi connectivity index (χ4n) is 2.81. The van der Waals surface area contributed by atoms with E-state index in [1.54, 1.807) is 23.1 Å². The number of alkyl halides is 3. The summed E-state index contributed by atoms with van der Waals surface area (Å²) in [6.07, 6.45) is -3.37. The summed E-state index contributed by atoms with van der Waals surface area (Å²) >= 11 is 0. The SMILES string of the molecule is CC(C)(C)OC(=O)N1CCC(c2ccc(N)c(OCC(F)(F)F)c2)CC1. The van der Waals surface area contributed by atoms with Crippen molar-refractivity contribution in [3.63, 3.8) is 0 Å². The van der Waals surface area contributed by atoms with Crippen LogP contribution in [0.3, 0.4) is 0 Å². The van der Waals surface area contributed by atoms with Crippen molar-refractivity contribution in [3.05, 3.63) is 23.8 Å². The highest BCUT2D eigenvalue weighted by molar-refractivity contribution is 5.68. The molecule has 0 aromatic heterocycles. The Morgan fingerprint density at radius 1 is 1.23 bits per heavy atom. The van der Waals surface area contributed by atoms with Crippen molar-refractivity contribution >= 4 is 11.8 Å². The van der Waals surface area contributed by atoms with E-state index in [1.165, 1.54) is 0 Å². The minimum Gasteiger partial charge on any atom is -0.482 e. The van der Waals surface area contributed by atoms with Gasteiger partial charge in [0.2, 0.25) is 0 Å². The molecule has 1 aromatic carbocycles. The molecule has 0 spiro atoms. The lowest BCUT2D eigenvalue weighted by Gasteiger charge is -2.33. The van der Waals surface area contributed by atoms with E-state index in [0.717, 1.165) is 5.56 Å². The highest BCUT2D eigenvalue weighted by Gasteiger charge is 2.30. The fourth-order valence-corrected chi connectivity index (χ4v) is 2.81. The van der Waals surface area contributed by atoms with Crippen LogP contribution in [0.5, 0.6) is 5.75 Å². The van der Waals surface area contributed by atoms with Crippen molar-refractivity contribution in [1.82, 2.24) is 4.90 Å². The predicted octanol–water partition coefficient (Wildman–Crippen LogP) is 4.32. The van der Waals surface area contributed by atoms with Crippen LogP contribution in [0.1, 0.15) is 45.1 Å². The number of piperidine rings is 1. The number of nitrogen functional groups attached to an aromatic ring is 1. The molecule has 0 saturated carbocycles. The average Bonchev–Trinajstić information content (AvgIpc) is 2.52. The zero-order valence-electron chi connectivity index (χ0n) is 15.2. The number of carbonyl (C=O) groups is 1. The lowest BCUT2D eigenvalue weighted by atomic mass is 9.89. The lowest BCUT2D eigenvalue weighted by molar-refractivity contribution is -0.153. The molecular formula is C18H25F3N2O3. The molecular weight excluding hydrogens is 349 g/mol. The Kier molecular flexibility index (Phi) is 5.93. The van der Waals surface area contributed by atoms with Crippen LogP contribution >= 0.6 is 0 Å². The van der Waals surface area contributed by atoms with Crippen molar-refractivity contribution < 1.29 is 27.4 Å². The van der Waals surface area contributed by atoms with Gasteiger partial charge in [-0.3, -0.25) is 0 Å². The third kappa shape index (κ3) is 6.00. The smallest absolute Gasteiger partial charge is 0.422 e. The first-order chi connectivity index (χ1) is 11.9. The van der Waals surface area contributed by atoms with E-state index in [1.807, 2.05) is 20.8 Å². The van der Waals surface area contributed by atoms with Crippen LogP contribution in [0.4, 0.5) is 23.7 Å². The Morgan fingerprint density at radius 2 is 1.85 bits per heavy atom. The molecule has 2 N–H and O–H groups in total. The lowest BCUT2D eigenvalue weighted by Crippen LogP contribution is -2.41. The largest absolute Gasteiger partial charge is 0.482 e. The molecule has 1 amide bonds. The van der Waals surface area contributed by atoms with Crippen LogP contribution in [0, 0.1) is 0 Å². The molecule has 0 radical (unpaired) electrons. The highest BCUT2D eigenvalue weighted by Crippen LogP contribution is 2.33. The van der Waals surface area contributed by atoms with E-state index in [9.17, 15) is 18.0 Å². The zero-order chi connectivity index (χ0) is 19.5. The van der Waals surface area contributed by atoms with Gasteiger partial charge in [-0.15, -0.1) is 0 Å². The van der Waals surface area contributed by atoms with Crippen molar-refractivity contribution in [2.45, 2.75) is 51.3 Å². The Hall–Kier alpha value is -2.12. The first kappa shape index (κ1) is 20.2. The molecule has 2 rings (SSSR count). The zero-order valence-corrected chi connectivity index (χ0v) is 15.2. The number of nitrogens with two attached hydrogens (primary N) is 1. The van der Waals surface area contributed by atoms with E-state index in [4.69, 9.17) is 15.2 Å². The molecule has 146 valence electrons. The quantitative estimate of drug-likeness (QED) is 0.800. The molecule has 26 heavy (non-hydrogen) atoms. The number of benzene rings is 1. The van der Waals surface area contributed by atoms with E-state index < -0.39 is 18.4 Å². The maximum Gasteiger partial charge on any atom is 0.422 e. The van der Waals surface area contributed by atoms with Gasteiger partial charge in [-0.05, 0) is 57.2 Å². The van der Waals surface area contributed by atoms with Gasteiger partial charge < -0.3 is 20.1 Å². The van der Waals surface area contributed by atoms with Gasteiger partial charge in [0.1, 0.15) is 11.4 Å². The van der Waals surface area contributed by atoms with Crippen molar-refractivity contribution in [1.29, 1.82) is 0 Å². The number of likely N-dealkylation sites (tertiary alicyclic amines) is 1. The molecule has 0 aliphatic carbocycles. The second kappa shape index (κ2) is 7.63. The van der Waals surface area contributed by atoms with Crippen LogP contribution in [0.25, 0.3) is 0 Å². The Bertz CT molecular complexity index is 634. The molecule has 0 unspecified atom stereocenters. The summed E-state index contributed by atoms with van der Waals surface area (Å²) in [7, 11) is 0. The summed E-state index contributed by atoms with van der Waals surface area (Å²) in [5, 5.41) is 0. The van der Waals surface area contributed by atoms with Gasteiger partial charge in [-0.1, -0.05) is 6.07 Å². The van der Waals surface area contributed by atoms with Crippen molar-refractivity contribution in [2.75, 3.05) is 25.4 Å². The topological polar surface area (TPSA) is 64.8 Å². The summed E-state index contributed by atoms with van der Waals surface area (Å²) in [6.45, 7) is 5.13. The van der Waals surface area contributed by atoms with Crippen LogP contribution in [0.2, 0.25) is 0 Å². The minimum atomic E-state index is -4.42. The first-order valence-electron chi connectivity index (χ1n) is 8.51. The van der Waals surface area contributed by atoms with Gasteiger partial charge in [0.25, 0.3) is 0 Å². The van der Waals surface area contributed by atoms with Crippen LogP contribution in [0.15, 0.2) is 18.2 Å².